The molecule has 0 amide bonds. The van der Waals surface area contributed by atoms with Crippen molar-refractivity contribution in [1.29, 1.82) is 0 Å². The minimum absolute atomic E-state index is 0.119. The van der Waals surface area contributed by atoms with Gasteiger partial charge in [-0.1, -0.05) is 6.92 Å². The zero-order valence-electron chi connectivity index (χ0n) is 10.5. The van der Waals surface area contributed by atoms with Crippen molar-refractivity contribution in [2.45, 2.75) is 51.7 Å². The first-order valence-corrected chi connectivity index (χ1v) is 6.17. The van der Waals surface area contributed by atoms with Crippen LogP contribution >= 0.6 is 0 Å². The van der Waals surface area contributed by atoms with E-state index in [2.05, 4.69) is 25.7 Å². The lowest BCUT2D eigenvalue weighted by Gasteiger charge is -2.42. The summed E-state index contributed by atoms with van der Waals surface area (Å²) in [5.41, 5.74) is 5.92. The van der Waals surface area contributed by atoms with E-state index in [0.29, 0.717) is 12.6 Å². The fourth-order valence-corrected chi connectivity index (χ4v) is 2.04. The second kappa shape index (κ2) is 5.83. The molecule has 0 radical (unpaired) electrons. The largest absolute Gasteiger partial charge is 0.377 e. The highest BCUT2D eigenvalue weighted by atomic mass is 16.5. The normalized spacial score (nSPS) is 24.4. The van der Waals surface area contributed by atoms with Crippen molar-refractivity contribution in [3.8, 4) is 0 Å². The molecule has 0 aromatic carbocycles. The van der Waals surface area contributed by atoms with E-state index in [9.17, 15) is 0 Å². The van der Waals surface area contributed by atoms with Crippen LogP contribution in [-0.2, 0) is 4.74 Å². The maximum atomic E-state index is 5.82. The quantitative estimate of drug-likeness (QED) is 0.755. The molecule has 0 bridgehead atoms. The van der Waals surface area contributed by atoms with Crippen molar-refractivity contribution in [2.75, 3.05) is 26.2 Å². The van der Waals surface area contributed by atoms with Crippen molar-refractivity contribution in [3.05, 3.63) is 0 Å². The summed E-state index contributed by atoms with van der Waals surface area (Å²) in [7, 11) is 0. The highest BCUT2D eigenvalue weighted by Crippen LogP contribution is 2.21. The average molecular weight is 214 g/mol. The molecule has 3 heteroatoms. The van der Waals surface area contributed by atoms with Crippen LogP contribution in [-0.4, -0.2) is 42.8 Å². The molecule has 0 aromatic heterocycles. The Kier molecular flexibility index (Phi) is 5.03. The van der Waals surface area contributed by atoms with Crippen LogP contribution in [0.25, 0.3) is 0 Å². The highest BCUT2D eigenvalue weighted by Gasteiger charge is 2.30. The van der Waals surface area contributed by atoms with Crippen LogP contribution < -0.4 is 5.73 Å². The third kappa shape index (κ3) is 3.74. The van der Waals surface area contributed by atoms with Crippen LogP contribution in [0.1, 0.15) is 40.0 Å². The Morgan fingerprint density at radius 2 is 2.20 bits per heavy atom. The molecule has 2 N–H and O–H groups in total. The van der Waals surface area contributed by atoms with Gasteiger partial charge in [0, 0.05) is 25.2 Å². The predicted octanol–water partition coefficient (Wildman–Crippen LogP) is 1.61. The first-order chi connectivity index (χ1) is 7.10. The Hall–Kier alpha value is -0.120. The Morgan fingerprint density at radius 1 is 1.47 bits per heavy atom. The Bertz CT molecular complexity index is 182. The summed E-state index contributed by atoms with van der Waals surface area (Å²) >= 11 is 0. The fourth-order valence-electron chi connectivity index (χ4n) is 2.04. The van der Waals surface area contributed by atoms with E-state index in [-0.39, 0.29) is 5.54 Å². The Morgan fingerprint density at radius 3 is 2.80 bits per heavy atom. The van der Waals surface area contributed by atoms with Crippen LogP contribution in [0, 0.1) is 0 Å². The van der Waals surface area contributed by atoms with Gasteiger partial charge in [-0.2, -0.15) is 0 Å². The highest BCUT2D eigenvalue weighted by molar-refractivity contribution is 4.87. The summed E-state index contributed by atoms with van der Waals surface area (Å²) in [5.74, 6) is 0. The van der Waals surface area contributed by atoms with Gasteiger partial charge in [-0.15, -0.1) is 0 Å². The number of ether oxygens (including phenoxy) is 1. The van der Waals surface area contributed by atoms with Crippen molar-refractivity contribution in [1.82, 2.24) is 4.90 Å². The lowest BCUT2D eigenvalue weighted by atomic mass is 9.98. The zero-order chi connectivity index (χ0) is 11.3. The van der Waals surface area contributed by atoms with Crippen molar-refractivity contribution >= 4 is 0 Å². The van der Waals surface area contributed by atoms with E-state index in [4.69, 9.17) is 10.5 Å². The standard InChI is InChI=1S/C12H26N2O/c1-4-8-15-11-6-5-7-14(9-11)12(2,3)10-13/h11H,4-10,13H2,1-3H3. The van der Waals surface area contributed by atoms with Gasteiger partial charge in [0.1, 0.15) is 0 Å². The molecule has 90 valence electrons. The van der Waals surface area contributed by atoms with Crippen LogP contribution in [0.4, 0.5) is 0 Å². The van der Waals surface area contributed by atoms with Crippen LogP contribution in [0.5, 0.6) is 0 Å². The number of nitrogens with two attached hydrogens (primary N) is 1. The van der Waals surface area contributed by atoms with E-state index in [1.54, 1.807) is 0 Å². The molecule has 1 aliphatic heterocycles. The molecule has 1 fully saturated rings. The third-order valence-electron chi connectivity index (χ3n) is 3.29. The molecule has 1 unspecified atom stereocenters. The topological polar surface area (TPSA) is 38.5 Å². The lowest BCUT2D eigenvalue weighted by molar-refractivity contribution is -0.0278. The van der Waals surface area contributed by atoms with Crippen molar-refractivity contribution in [3.63, 3.8) is 0 Å². The molecule has 1 saturated heterocycles. The first-order valence-electron chi connectivity index (χ1n) is 6.17. The average Bonchev–Trinajstić information content (AvgIpc) is 2.27. The first kappa shape index (κ1) is 12.9. The van der Waals surface area contributed by atoms with E-state index in [1.807, 2.05) is 0 Å². The molecule has 0 aliphatic carbocycles. The van der Waals surface area contributed by atoms with Crippen molar-refractivity contribution in [2.24, 2.45) is 5.73 Å². The molecule has 1 heterocycles. The smallest absolute Gasteiger partial charge is 0.0702 e. The van der Waals surface area contributed by atoms with Gasteiger partial charge in [0.05, 0.1) is 6.10 Å². The maximum absolute atomic E-state index is 5.82. The molecule has 0 aromatic rings. The third-order valence-corrected chi connectivity index (χ3v) is 3.29. The molecule has 3 nitrogen and oxygen atoms in total. The van der Waals surface area contributed by atoms with Crippen LogP contribution in [0.15, 0.2) is 0 Å². The van der Waals surface area contributed by atoms with Crippen LogP contribution in [0.3, 0.4) is 0 Å². The van der Waals surface area contributed by atoms with E-state index < -0.39 is 0 Å². The van der Waals surface area contributed by atoms with E-state index in [1.165, 1.54) is 12.8 Å². The molecule has 0 spiro atoms. The Balaban J connectivity index is 2.41. The number of rotatable bonds is 5. The molecular formula is C12H26N2O. The summed E-state index contributed by atoms with van der Waals surface area (Å²) < 4.78 is 5.82. The van der Waals surface area contributed by atoms with Gasteiger partial charge in [-0.25, -0.2) is 0 Å². The van der Waals surface area contributed by atoms with Crippen LogP contribution in [0.2, 0.25) is 0 Å². The number of piperidine rings is 1. The Labute approximate surface area is 94.0 Å². The molecular weight excluding hydrogens is 188 g/mol. The summed E-state index contributed by atoms with van der Waals surface area (Å²) in [6.45, 7) is 10.4. The van der Waals surface area contributed by atoms with E-state index in [0.717, 1.165) is 26.1 Å². The van der Waals surface area contributed by atoms with Gasteiger partial charge in [-0.05, 0) is 39.7 Å². The fraction of sp³-hybridized carbons (Fsp3) is 1.00. The molecule has 1 rings (SSSR count). The summed E-state index contributed by atoms with van der Waals surface area (Å²) in [5, 5.41) is 0. The predicted molar refractivity (Wildman–Crippen MR) is 64.0 cm³/mol. The second-order valence-corrected chi connectivity index (χ2v) is 5.10. The minimum atomic E-state index is 0.119. The van der Waals surface area contributed by atoms with Gasteiger partial charge in [0.2, 0.25) is 0 Å². The lowest BCUT2D eigenvalue weighted by Crippen LogP contribution is -2.54. The molecule has 15 heavy (non-hydrogen) atoms. The molecule has 1 aliphatic rings. The number of hydrogen-bond donors (Lipinski definition) is 1. The van der Waals surface area contributed by atoms with Gasteiger partial charge >= 0.3 is 0 Å². The minimum Gasteiger partial charge on any atom is -0.377 e. The van der Waals surface area contributed by atoms with Gasteiger partial charge < -0.3 is 10.5 Å². The van der Waals surface area contributed by atoms with Gasteiger partial charge in [0.25, 0.3) is 0 Å². The molecule has 0 saturated carbocycles. The summed E-state index contributed by atoms with van der Waals surface area (Å²) in [6.07, 6.45) is 3.97. The SMILES string of the molecule is CCCOC1CCCN(C(C)(C)CN)C1. The molecule has 1 atom stereocenters. The maximum Gasteiger partial charge on any atom is 0.0702 e. The number of nitrogens with zero attached hydrogens (tertiary/aromatic N) is 1. The monoisotopic (exact) mass is 214 g/mol. The van der Waals surface area contributed by atoms with Crippen molar-refractivity contribution < 1.29 is 4.74 Å². The van der Waals surface area contributed by atoms with Gasteiger partial charge in [-0.3, -0.25) is 4.90 Å². The van der Waals surface area contributed by atoms with Gasteiger partial charge in [0.15, 0.2) is 0 Å². The van der Waals surface area contributed by atoms with E-state index >= 15 is 0 Å². The summed E-state index contributed by atoms with van der Waals surface area (Å²) in [4.78, 5) is 2.47. The number of hydrogen-bond acceptors (Lipinski definition) is 3. The number of likely N-dealkylation sites (tertiary alicyclic amines) is 1. The zero-order valence-corrected chi connectivity index (χ0v) is 10.5. The summed E-state index contributed by atoms with van der Waals surface area (Å²) in [6, 6.07) is 0. The second-order valence-electron chi connectivity index (χ2n) is 5.10.